The molecule has 0 aliphatic heterocycles. The number of esters is 2. The molecule has 5 unspecified atom stereocenters. The Labute approximate surface area is 209 Å². The molecule has 0 aromatic carbocycles. The molecule has 2 bridgehead atoms. The molecule has 0 aromatic rings. The minimum absolute atomic E-state index is 0.105. The number of fused-ring (bicyclic) bond motifs is 2. The fourth-order valence-corrected chi connectivity index (χ4v) is 4.69. The van der Waals surface area contributed by atoms with E-state index in [4.69, 9.17) is 14.6 Å². The van der Waals surface area contributed by atoms with Gasteiger partial charge in [-0.2, -0.15) is 26.3 Å². The molecule has 5 atom stereocenters. The van der Waals surface area contributed by atoms with Crippen molar-refractivity contribution >= 4 is 11.9 Å². The summed E-state index contributed by atoms with van der Waals surface area (Å²) in [6.45, 7) is 11.9. The van der Waals surface area contributed by atoms with E-state index in [-0.39, 0.29) is 24.0 Å². The lowest BCUT2D eigenvalue weighted by atomic mass is 9.79. The monoisotopic (exact) mass is 534 g/mol. The Morgan fingerprint density at radius 3 is 1.75 bits per heavy atom. The molecule has 1 N–H and O–H groups in total. The normalized spacial score (nSPS) is 24.9. The van der Waals surface area contributed by atoms with Crippen molar-refractivity contribution < 1.29 is 50.5 Å². The zero-order valence-electron chi connectivity index (χ0n) is 22.1. The molecule has 11 heteroatoms. The first-order valence-corrected chi connectivity index (χ1v) is 12.4. The van der Waals surface area contributed by atoms with Crippen LogP contribution in [0.4, 0.5) is 26.3 Å². The summed E-state index contributed by atoms with van der Waals surface area (Å²) >= 11 is 0. The largest absolute Gasteiger partial charge is 0.462 e. The van der Waals surface area contributed by atoms with Gasteiger partial charge < -0.3 is 14.6 Å². The molecule has 0 heterocycles. The van der Waals surface area contributed by atoms with Crippen LogP contribution in [-0.2, 0) is 19.1 Å². The molecule has 0 spiro atoms. The topological polar surface area (TPSA) is 72.8 Å². The van der Waals surface area contributed by atoms with Crippen molar-refractivity contribution in [2.24, 2.45) is 23.2 Å². The van der Waals surface area contributed by atoms with Gasteiger partial charge in [0, 0.05) is 0 Å². The standard InChI is InChI=1S/C20H34O4.C5H6F6O/c1-7-20(6,18(22)24-19(3,4)5)12-13(2)17(21)23-16-11-14-8-9-15(16)10-14;1-2-3(12,4(6,7)8)5(9,10)11/h13-16H,7-12H2,1-6H3;12H,2H2,1H3. The fraction of sp³-hybridized carbons (Fsp3) is 0.920. The highest BCUT2D eigenvalue weighted by molar-refractivity contribution is 5.79. The molecule has 2 aliphatic carbocycles. The van der Waals surface area contributed by atoms with Crippen molar-refractivity contribution in [1.82, 2.24) is 0 Å². The van der Waals surface area contributed by atoms with Gasteiger partial charge in [-0.05, 0) is 84.5 Å². The number of hydrogen-bond donors (Lipinski definition) is 1. The minimum atomic E-state index is -5.68. The third kappa shape index (κ3) is 7.99. The van der Waals surface area contributed by atoms with E-state index < -0.39 is 35.4 Å². The highest BCUT2D eigenvalue weighted by atomic mass is 19.4. The number of hydrogen-bond acceptors (Lipinski definition) is 5. The van der Waals surface area contributed by atoms with Gasteiger partial charge in [-0.15, -0.1) is 0 Å². The van der Waals surface area contributed by atoms with E-state index >= 15 is 0 Å². The summed E-state index contributed by atoms with van der Waals surface area (Å²) < 4.78 is 81.1. The Morgan fingerprint density at radius 2 is 1.44 bits per heavy atom. The van der Waals surface area contributed by atoms with Crippen LogP contribution in [0.5, 0.6) is 0 Å². The van der Waals surface area contributed by atoms with Crippen molar-refractivity contribution in [3.63, 3.8) is 0 Å². The second-order valence-electron chi connectivity index (χ2n) is 11.4. The van der Waals surface area contributed by atoms with Crippen LogP contribution >= 0.6 is 0 Å². The summed E-state index contributed by atoms with van der Waals surface area (Å²) in [5.41, 5.74) is -5.75. The first-order valence-electron chi connectivity index (χ1n) is 12.4. The number of halogens is 6. The van der Waals surface area contributed by atoms with Gasteiger partial charge >= 0.3 is 24.3 Å². The van der Waals surface area contributed by atoms with E-state index in [9.17, 15) is 35.9 Å². The average molecular weight is 535 g/mol. The maximum absolute atomic E-state index is 12.5. The predicted molar refractivity (Wildman–Crippen MR) is 121 cm³/mol. The highest BCUT2D eigenvalue weighted by Gasteiger charge is 2.69. The summed E-state index contributed by atoms with van der Waals surface area (Å²) in [4.78, 5) is 25.0. The Morgan fingerprint density at radius 1 is 0.917 bits per heavy atom. The lowest BCUT2D eigenvalue weighted by molar-refractivity contribution is -0.368. The minimum Gasteiger partial charge on any atom is -0.462 e. The zero-order valence-corrected chi connectivity index (χ0v) is 22.1. The Bertz CT molecular complexity index is 744. The Balaban J connectivity index is 0.000000457. The van der Waals surface area contributed by atoms with E-state index in [1.165, 1.54) is 19.3 Å². The lowest BCUT2D eigenvalue weighted by Crippen LogP contribution is -2.56. The van der Waals surface area contributed by atoms with E-state index in [0.717, 1.165) is 12.3 Å². The molecular formula is C25H40F6O5. The number of ether oxygens (including phenoxy) is 2. The summed E-state index contributed by atoms with van der Waals surface area (Å²) in [5.74, 6) is 0.648. The van der Waals surface area contributed by atoms with Gasteiger partial charge in [-0.1, -0.05) is 20.8 Å². The van der Waals surface area contributed by atoms with Crippen molar-refractivity contribution in [2.75, 3.05) is 0 Å². The van der Waals surface area contributed by atoms with Crippen LogP contribution < -0.4 is 0 Å². The summed E-state index contributed by atoms with van der Waals surface area (Å²) in [6.07, 6.45) is -6.85. The van der Waals surface area contributed by atoms with Crippen molar-refractivity contribution in [1.29, 1.82) is 0 Å². The smallest absolute Gasteiger partial charge is 0.426 e. The molecule has 0 amide bonds. The van der Waals surface area contributed by atoms with Gasteiger partial charge in [0.1, 0.15) is 11.7 Å². The van der Waals surface area contributed by atoms with Crippen LogP contribution in [0.15, 0.2) is 0 Å². The predicted octanol–water partition coefficient (Wildman–Crippen LogP) is 6.75. The Hall–Kier alpha value is -1.52. The van der Waals surface area contributed by atoms with Gasteiger partial charge in [0.05, 0.1) is 11.3 Å². The quantitative estimate of drug-likeness (QED) is 0.289. The molecule has 0 aromatic heterocycles. The zero-order chi connectivity index (χ0) is 28.3. The summed E-state index contributed by atoms with van der Waals surface area (Å²) in [7, 11) is 0. The van der Waals surface area contributed by atoms with Crippen LogP contribution in [-0.4, -0.2) is 46.7 Å². The molecule has 0 saturated heterocycles. The molecule has 2 aliphatic rings. The van der Waals surface area contributed by atoms with Crippen LogP contribution in [0.3, 0.4) is 0 Å². The molecule has 5 nitrogen and oxygen atoms in total. The van der Waals surface area contributed by atoms with E-state index in [2.05, 4.69) is 0 Å². The molecular weight excluding hydrogens is 494 g/mol. The van der Waals surface area contributed by atoms with Gasteiger partial charge in [0.25, 0.3) is 5.60 Å². The first-order chi connectivity index (χ1) is 16.1. The number of rotatable bonds is 7. The van der Waals surface area contributed by atoms with E-state index in [1.54, 1.807) is 0 Å². The highest BCUT2D eigenvalue weighted by Crippen LogP contribution is 2.46. The maximum atomic E-state index is 12.5. The van der Waals surface area contributed by atoms with Crippen molar-refractivity contribution in [3.8, 4) is 0 Å². The maximum Gasteiger partial charge on any atom is 0.426 e. The van der Waals surface area contributed by atoms with Gasteiger partial charge in [0.15, 0.2) is 0 Å². The van der Waals surface area contributed by atoms with E-state index in [0.29, 0.717) is 25.7 Å². The second kappa shape index (κ2) is 11.5. The number of carbonyl (C=O) groups excluding carboxylic acids is 2. The Kier molecular flexibility index (Phi) is 10.4. The van der Waals surface area contributed by atoms with Crippen molar-refractivity contribution in [2.45, 2.75) is 123 Å². The third-order valence-corrected chi connectivity index (χ3v) is 7.22. The third-order valence-electron chi connectivity index (χ3n) is 7.22. The van der Waals surface area contributed by atoms with E-state index in [1.807, 2.05) is 41.5 Å². The molecule has 0 radical (unpaired) electrons. The van der Waals surface area contributed by atoms with Crippen LogP contribution in [0.2, 0.25) is 0 Å². The number of aliphatic hydroxyl groups is 1. The SMILES string of the molecule is CCC(C)(CC(C)C(=O)OC1CC2CCC1C2)C(=O)OC(C)(C)C.CCC(O)(C(F)(F)F)C(F)(F)F. The van der Waals surface area contributed by atoms with Gasteiger partial charge in [0.2, 0.25) is 0 Å². The van der Waals surface area contributed by atoms with Crippen molar-refractivity contribution in [3.05, 3.63) is 0 Å². The lowest BCUT2D eigenvalue weighted by Gasteiger charge is -2.32. The molecule has 2 rings (SSSR count). The molecule has 2 saturated carbocycles. The van der Waals surface area contributed by atoms with Crippen LogP contribution in [0, 0.1) is 23.2 Å². The van der Waals surface area contributed by atoms with Crippen LogP contribution in [0.1, 0.15) is 93.4 Å². The fourth-order valence-electron chi connectivity index (χ4n) is 4.69. The molecule has 212 valence electrons. The second-order valence-corrected chi connectivity index (χ2v) is 11.4. The van der Waals surface area contributed by atoms with Gasteiger partial charge in [-0.3, -0.25) is 9.59 Å². The van der Waals surface area contributed by atoms with Gasteiger partial charge in [-0.25, -0.2) is 0 Å². The van der Waals surface area contributed by atoms with Crippen LogP contribution in [0.25, 0.3) is 0 Å². The number of alkyl halides is 6. The average Bonchev–Trinajstić information content (AvgIpc) is 3.33. The first kappa shape index (κ1) is 32.5. The summed E-state index contributed by atoms with van der Waals surface area (Å²) in [5, 5.41) is 8.24. The summed E-state index contributed by atoms with van der Waals surface area (Å²) in [6, 6.07) is 0. The molecule has 2 fully saturated rings. The molecule has 36 heavy (non-hydrogen) atoms. The number of carbonyl (C=O) groups is 2.